The molecule has 7 nitrogen and oxygen atoms in total. The Morgan fingerprint density at radius 3 is 2.21 bits per heavy atom. The molecule has 2 amide bonds. The van der Waals surface area contributed by atoms with Gasteiger partial charge in [0.05, 0.1) is 9.77 Å². The highest BCUT2D eigenvalue weighted by Gasteiger charge is 2.18. The summed E-state index contributed by atoms with van der Waals surface area (Å²) < 4.78 is 27.0. The maximum absolute atomic E-state index is 12.2. The first-order valence-corrected chi connectivity index (χ1v) is 11.3. The summed E-state index contributed by atoms with van der Waals surface area (Å²) in [5, 5.41) is 0. The molecule has 1 atom stereocenters. The summed E-state index contributed by atoms with van der Waals surface area (Å²) in [5.74, 6) is -0.922. The van der Waals surface area contributed by atoms with Gasteiger partial charge in [-0.3, -0.25) is 20.4 Å². The highest BCUT2D eigenvalue weighted by atomic mass is 32.2. The summed E-state index contributed by atoms with van der Waals surface area (Å²) in [7, 11) is -3.63. The van der Waals surface area contributed by atoms with Crippen LogP contribution in [0.1, 0.15) is 57.7 Å². The van der Waals surface area contributed by atoms with Crippen LogP contribution in [0.4, 0.5) is 0 Å². The monoisotopic (exact) mass is 423 g/mol. The highest BCUT2D eigenvalue weighted by molar-refractivity contribution is 7.89. The van der Waals surface area contributed by atoms with Crippen molar-refractivity contribution in [3.8, 4) is 0 Å². The zero-order chi connectivity index (χ0) is 20.9. The standard InChI is InChI=1S/C19H25N3O4S2/c1-5-13(4)22-28(25,26)15-9-7-14(8-10-15)18(23)20-21-19(24)17-11-12(3)16(6-2)27-17/h7-11,13,22H,5-6H2,1-4H3,(H,20,23)(H,21,24)/t13-/m1/s1. The summed E-state index contributed by atoms with van der Waals surface area (Å²) in [5.41, 5.74) is 6.01. The molecule has 0 saturated carbocycles. The smallest absolute Gasteiger partial charge is 0.267 e. The second kappa shape index (κ2) is 9.31. The highest BCUT2D eigenvalue weighted by Crippen LogP contribution is 2.22. The molecular formula is C19H25N3O4S2. The molecule has 1 aromatic carbocycles. The molecule has 28 heavy (non-hydrogen) atoms. The Bertz CT molecular complexity index is 950. The average Bonchev–Trinajstić information content (AvgIpc) is 3.06. The van der Waals surface area contributed by atoms with Crippen LogP contribution in [0.15, 0.2) is 35.2 Å². The Hall–Kier alpha value is -2.23. The van der Waals surface area contributed by atoms with Crippen LogP contribution in [-0.2, 0) is 16.4 Å². The zero-order valence-corrected chi connectivity index (χ0v) is 18.0. The lowest BCUT2D eigenvalue weighted by Crippen LogP contribution is -2.41. The molecular weight excluding hydrogens is 398 g/mol. The third-order valence-corrected chi connectivity index (χ3v) is 7.24. The van der Waals surface area contributed by atoms with Gasteiger partial charge in [0.1, 0.15) is 0 Å². The molecule has 3 N–H and O–H groups in total. The van der Waals surface area contributed by atoms with E-state index in [1.807, 2.05) is 20.8 Å². The minimum atomic E-state index is -3.63. The van der Waals surface area contributed by atoms with Gasteiger partial charge in [-0.15, -0.1) is 11.3 Å². The van der Waals surface area contributed by atoms with E-state index < -0.39 is 21.8 Å². The molecule has 2 aromatic rings. The van der Waals surface area contributed by atoms with Crippen molar-refractivity contribution in [2.45, 2.75) is 51.5 Å². The number of carbonyl (C=O) groups excluding carboxylic acids is 2. The molecule has 0 fully saturated rings. The minimum Gasteiger partial charge on any atom is -0.267 e. The van der Waals surface area contributed by atoms with Gasteiger partial charge in [0.25, 0.3) is 11.8 Å². The first-order chi connectivity index (χ1) is 13.2. The minimum absolute atomic E-state index is 0.0783. The van der Waals surface area contributed by atoms with E-state index >= 15 is 0 Å². The second-order valence-electron chi connectivity index (χ2n) is 6.43. The lowest BCUT2D eigenvalue weighted by molar-refractivity contribution is 0.0849. The number of amides is 2. The molecule has 0 saturated heterocycles. The van der Waals surface area contributed by atoms with E-state index in [0.717, 1.165) is 16.9 Å². The lowest BCUT2D eigenvalue weighted by Gasteiger charge is -2.12. The number of sulfonamides is 1. The third kappa shape index (κ3) is 5.40. The van der Waals surface area contributed by atoms with Crippen molar-refractivity contribution in [3.05, 3.63) is 51.2 Å². The van der Waals surface area contributed by atoms with E-state index in [1.165, 1.54) is 35.6 Å². The number of hydrazine groups is 1. The normalized spacial score (nSPS) is 12.4. The molecule has 0 radical (unpaired) electrons. The summed E-state index contributed by atoms with van der Waals surface area (Å²) in [4.78, 5) is 26.1. The van der Waals surface area contributed by atoms with E-state index in [2.05, 4.69) is 15.6 Å². The van der Waals surface area contributed by atoms with Crippen LogP contribution in [0.5, 0.6) is 0 Å². The second-order valence-corrected chi connectivity index (χ2v) is 9.28. The number of aryl methyl sites for hydroxylation is 2. The van der Waals surface area contributed by atoms with Crippen molar-refractivity contribution in [2.75, 3.05) is 0 Å². The summed E-state index contributed by atoms with van der Waals surface area (Å²) in [6.45, 7) is 7.62. The van der Waals surface area contributed by atoms with Gasteiger partial charge in [-0.05, 0) is 62.6 Å². The predicted molar refractivity (Wildman–Crippen MR) is 110 cm³/mol. The van der Waals surface area contributed by atoms with Gasteiger partial charge in [0.2, 0.25) is 10.0 Å². The van der Waals surface area contributed by atoms with Crippen molar-refractivity contribution >= 4 is 33.2 Å². The first-order valence-electron chi connectivity index (χ1n) is 9.00. The topological polar surface area (TPSA) is 104 Å². The fourth-order valence-corrected chi connectivity index (χ4v) is 4.77. The number of carbonyl (C=O) groups is 2. The van der Waals surface area contributed by atoms with Crippen LogP contribution in [0.25, 0.3) is 0 Å². The van der Waals surface area contributed by atoms with Gasteiger partial charge in [-0.1, -0.05) is 13.8 Å². The molecule has 152 valence electrons. The van der Waals surface area contributed by atoms with Crippen LogP contribution in [0.2, 0.25) is 0 Å². The first kappa shape index (κ1) is 22.1. The van der Waals surface area contributed by atoms with Crippen molar-refractivity contribution < 1.29 is 18.0 Å². The van der Waals surface area contributed by atoms with Gasteiger partial charge in [-0.25, -0.2) is 13.1 Å². The zero-order valence-electron chi connectivity index (χ0n) is 16.3. The number of rotatable bonds is 7. The molecule has 0 aliphatic heterocycles. The average molecular weight is 424 g/mol. The van der Waals surface area contributed by atoms with Crippen LogP contribution in [-0.4, -0.2) is 26.3 Å². The number of nitrogens with one attached hydrogen (secondary N) is 3. The largest absolute Gasteiger partial charge is 0.279 e. The van der Waals surface area contributed by atoms with Gasteiger partial charge < -0.3 is 0 Å². The lowest BCUT2D eigenvalue weighted by atomic mass is 10.2. The number of hydrogen-bond acceptors (Lipinski definition) is 5. The van der Waals surface area contributed by atoms with E-state index in [9.17, 15) is 18.0 Å². The molecule has 0 aliphatic rings. The molecule has 1 heterocycles. The van der Waals surface area contributed by atoms with Crippen molar-refractivity contribution in [1.82, 2.24) is 15.6 Å². The van der Waals surface area contributed by atoms with Crippen molar-refractivity contribution in [3.63, 3.8) is 0 Å². The predicted octanol–water partition coefficient (Wildman–Crippen LogP) is 2.77. The van der Waals surface area contributed by atoms with Crippen LogP contribution in [0.3, 0.4) is 0 Å². The number of hydrogen-bond donors (Lipinski definition) is 3. The summed E-state index contributed by atoms with van der Waals surface area (Å²) in [6, 6.07) is 7.12. The van der Waals surface area contributed by atoms with E-state index in [4.69, 9.17) is 0 Å². The van der Waals surface area contributed by atoms with Crippen molar-refractivity contribution in [1.29, 1.82) is 0 Å². The van der Waals surface area contributed by atoms with Crippen LogP contribution < -0.4 is 15.6 Å². The molecule has 1 aromatic heterocycles. The molecule has 0 bridgehead atoms. The molecule has 9 heteroatoms. The van der Waals surface area contributed by atoms with Crippen LogP contribution in [0, 0.1) is 6.92 Å². The van der Waals surface area contributed by atoms with Gasteiger partial charge >= 0.3 is 0 Å². The Labute approximate surface area is 169 Å². The van der Waals surface area contributed by atoms with E-state index in [1.54, 1.807) is 13.0 Å². The Balaban J connectivity index is 2.00. The summed E-state index contributed by atoms with van der Waals surface area (Å²) in [6.07, 6.45) is 1.51. The Kier molecular flexibility index (Phi) is 7.34. The Morgan fingerprint density at radius 1 is 1.07 bits per heavy atom. The third-order valence-electron chi connectivity index (χ3n) is 4.25. The SMILES string of the molecule is CCc1sc(C(=O)NNC(=O)c2ccc(S(=O)(=O)N[C@H](C)CC)cc2)cc1C. The fourth-order valence-electron chi connectivity index (χ4n) is 2.43. The summed E-state index contributed by atoms with van der Waals surface area (Å²) >= 11 is 1.39. The Morgan fingerprint density at radius 2 is 1.68 bits per heavy atom. The van der Waals surface area contributed by atoms with Crippen LogP contribution >= 0.6 is 11.3 Å². The quantitative estimate of drug-likeness (QED) is 0.596. The van der Waals surface area contributed by atoms with Gasteiger partial charge in [-0.2, -0.15) is 0 Å². The number of benzene rings is 1. The van der Waals surface area contributed by atoms with Gasteiger partial charge in [0.15, 0.2) is 0 Å². The maximum Gasteiger partial charge on any atom is 0.279 e. The molecule has 0 unspecified atom stereocenters. The molecule has 2 rings (SSSR count). The fraction of sp³-hybridized carbons (Fsp3) is 0.368. The molecule has 0 aliphatic carbocycles. The van der Waals surface area contributed by atoms with Gasteiger partial charge in [0, 0.05) is 16.5 Å². The maximum atomic E-state index is 12.2. The van der Waals surface area contributed by atoms with Crippen molar-refractivity contribution in [2.24, 2.45) is 0 Å². The van der Waals surface area contributed by atoms with E-state index in [0.29, 0.717) is 11.3 Å². The number of thiophene rings is 1. The molecule has 0 spiro atoms. The van der Waals surface area contributed by atoms with E-state index in [-0.39, 0.29) is 16.5 Å².